The molecule has 0 bridgehead atoms. The second-order valence-electron chi connectivity index (χ2n) is 7.34. The molecule has 1 N–H and O–H groups in total. The highest BCUT2D eigenvalue weighted by molar-refractivity contribution is 6.00. The van der Waals surface area contributed by atoms with Gasteiger partial charge in [-0.05, 0) is 46.8 Å². The van der Waals surface area contributed by atoms with Gasteiger partial charge in [-0.2, -0.15) is 0 Å². The summed E-state index contributed by atoms with van der Waals surface area (Å²) in [5.74, 6) is -0.501. The largest absolute Gasteiger partial charge is 0.479 e. The number of hydrogen-bond donors (Lipinski definition) is 1. The first-order chi connectivity index (χ1) is 12.1. The molecule has 7 heteroatoms. The fourth-order valence-electron chi connectivity index (χ4n) is 2.57. The molecule has 1 aromatic carbocycles. The van der Waals surface area contributed by atoms with Crippen molar-refractivity contribution in [1.29, 1.82) is 0 Å². The second kappa shape index (κ2) is 7.76. The molecule has 0 saturated carbocycles. The zero-order valence-electron chi connectivity index (χ0n) is 15.9. The summed E-state index contributed by atoms with van der Waals surface area (Å²) in [5.41, 5.74) is 0.222. The summed E-state index contributed by atoms with van der Waals surface area (Å²) in [4.78, 5) is 38.0. The third kappa shape index (κ3) is 4.97. The fraction of sp³-hybridized carbons (Fsp3) is 0.526. The molecule has 1 heterocycles. The van der Waals surface area contributed by atoms with E-state index in [1.165, 1.54) is 11.8 Å². The average Bonchev–Trinajstić information content (AvgIpc) is 2.53. The summed E-state index contributed by atoms with van der Waals surface area (Å²) >= 11 is 0. The van der Waals surface area contributed by atoms with E-state index in [2.05, 4.69) is 5.32 Å². The normalized spacial score (nSPS) is 17.8. The number of carbonyl (C=O) groups excluding carboxylic acids is 3. The van der Waals surface area contributed by atoms with E-state index in [1.807, 2.05) is 26.8 Å². The molecule has 1 aliphatic rings. The number of anilines is 1. The Labute approximate surface area is 153 Å². The van der Waals surface area contributed by atoms with Gasteiger partial charge in [-0.25, -0.2) is 0 Å². The van der Waals surface area contributed by atoms with Gasteiger partial charge in [0.15, 0.2) is 12.2 Å². The summed E-state index contributed by atoms with van der Waals surface area (Å²) in [6.45, 7) is 8.90. The summed E-state index contributed by atoms with van der Waals surface area (Å²) in [5, 5.41) is 2.76. The number of esters is 1. The van der Waals surface area contributed by atoms with Gasteiger partial charge in [0, 0.05) is 12.1 Å². The Hall–Kier alpha value is -2.57. The summed E-state index contributed by atoms with van der Waals surface area (Å²) in [6.07, 6.45) is -1.52. The zero-order valence-corrected chi connectivity index (χ0v) is 15.9. The van der Waals surface area contributed by atoms with Crippen molar-refractivity contribution in [2.75, 3.05) is 11.4 Å². The fourth-order valence-corrected chi connectivity index (χ4v) is 2.57. The highest BCUT2D eigenvalue weighted by atomic mass is 16.5. The number of amides is 2. The topological polar surface area (TPSA) is 84.9 Å². The molecule has 1 aromatic rings. The van der Waals surface area contributed by atoms with Crippen LogP contribution in [-0.4, -0.2) is 42.1 Å². The quantitative estimate of drug-likeness (QED) is 0.810. The van der Waals surface area contributed by atoms with Crippen LogP contribution in [0.3, 0.4) is 0 Å². The maximum atomic E-state index is 12.4. The van der Waals surface area contributed by atoms with Crippen LogP contribution in [0.2, 0.25) is 0 Å². The predicted molar refractivity (Wildman–Crippen MR) is 97.0 cm³/mol. The first-order valence-electron chi connectivity index (χ1n) is 8.67. The summed E-state index contributed by atoms with van der Waals surface area (Å²) in [6, 6.07) is 7.17. The summed E-state index contributed by atoms with van der Waals surface area (Å²) < 4.78 is 10.7. The molecule has 0 saturated heterocycles. The van der Waals surface area contributed by atoms with Crippen molar-refractivity contribution in [3.05, 3.63) is 24.3 Å². The van der Waals surface area contributed by atoms with E-state index < -0.39 is 23.7 Å². The van der Waals surface area contributed by atoms with Crippen molar-refractivity contribution >= 4 is 23.5 Å². The van der Waals surface area contributed by atoms with Crippen molar-refractivity contribution in [2.45, 2.75) is 58.8 Å². The number of hydrogen-bond acceptors (Lipinski definition) is 5. The summed E-state index contributed by atoms with van der Waals surface area (Å²) in [7, 11) is 0. The molecular formula is C19H26N2O5. The lowest BCUT2D eigenvalue weighted by Crippen LogP contribution is -2.47. The first-order valence-corrected chi connectivity index (χ1v) is 8.67. The van der Waals surface area contributed by atoms with Gasteiger partial charge in [0.05, 0.1) is 12.1 Å². The predicted octanol–water partition coefficient (Wildman–Crippen LogP) is 2.04. The minimum absolute atomic E-state index is 0.0140. The van der Waals surface area contributed by atoms with Crippen LogP contribution in [0.1, 0.15) is 41.0 Å². The van der Waals surface area contributed by atoms with E-state index in [9.17, 15) is 14.4 Å². The maximum absolute atomic E-state index is 12.4. The SMILES string of the molecule is CC(OC(=O)CCN1C(=O)C(C)Oc2ccccc21)C(=O)NC(C)(C)C. The number of carbonyl (C=O) groups is 3. The maximum Gasteiger partial charge on any atom is 0.308 e. The van der Waals surface area contributed by atoms with Crippen LogP contribution in [0.4, 0.5) is 5.69 Å². The molecule has 2 rings (SSSR count). The smallest absolute Gasteiger partial charge is 0.308 e. The van der Waals surface area contributed by atoms with Crippen LogP contribution < -0.4 is 15.0 Å². The number of nitrogens with one attached hydrogen (secondary N) is 1. The van der Waals surface area contributed by atoms with Crippen LogP contribution in [-0.2, 0) is 19.1 Å². The molecule has 142 valence electrons. The number of para-hydroxylation sites is 2. The van der Waals surface area contributed by atoms with Gasteiger partial charge in [-0.15, -0.1) is 0 Å². The van der Waals surface area contributed by atoms with Gasteiger partial charge >= 0.3 is 5.97 Å². The van der Waals surface area contributed by atoms with Crippen molar-refractivity contribution in [2.24, 2.45) is 0 Å². The second-order valence-corrected chi connectivity index (χ2v) is 7.34. The minimum atomic E-state index is -0.895. The molecule has 0 aromatic heterocycles. The molecule has 7 nitrogen and oxygen atoms in total. The van der Waals surface area contributed by atoms with Gasteiger partial charge in [0.25, 0.3) is 11.8 Å². The molecule has 26 heavy (non-hydrogen) atoms. The van der Waals surface area contributed by atoms with Crippen LogP contribution in [0.5, 0.6) is 5.75 Å². The van der Waals surface area contributed by atoms with Gasteiger partial charge in [-0.1, -0.05) is 12.1 Å². The van der Waals surface area contributed by atoms with E-state index >= 15 is 0 Å². The Bertz CT molecular complexity index is 695. The number of rotatable bonds is 5. The molecule has 2 unspecified atom stereocenters. The third-order valence-electron chi connectivity index (χ3n) is 3.79. The van der Waals surface area contributed by atoms with E-state index in [1.54, 1.807) is 25.1 Å². The molecule has 0 spiro atoms. The minimum Gasteiger partial charge on any atom is -0.479 e. The van der Waals surface area contributed by atoms with Gasteiger partial charge in [0.2, 0.25) is 0 Å². The molecule has 0 fully saturated rings. The van der Waals surface area contributed by atoms with E-state index in [4.69, 9.17) is 9.47 Å². The van der Waals surface area contributed by atoms with Crippen molar-refractivity contribution in [1.82, 2.24) is 5.32 Å². The standard InChI is InChI=1S/C19H26N2O5/c1-12(17(23)20-19(3,4)5)26-16(22)10-11-21-14-8-6-7-9-15(14)25-13(2)18(21)24/h6-9,12-13H,10-11H2,1-5H3,(H,20,23). The lowest BCUT2D eigenvalue weighted by atomic mass is 10.1. The van der Waals surface area contributed by atoms with Crippen LogP contribution in [0.25, 0.3) is 0 Å². The monoisotopic (exact) mass is 362 g/mol. The van der Waals surface area contributed by atoms with Crippen LogP contribution in [0.15, 0.2) is 24.3 Å². The molecular weight excluding hydrogens is 336 g/mol. The average molecular weight is 362 g/mol. The Morgan fingerprint density at radius 1 is 1.31 bits per heavy atom. The molecule has 0 aliphatic carbocycles. The first kappa shape index (κ1) is 19.8. The zero-order chi connectivity index (χ0) is 19.5. The number of ether oxygens (including phenoxy) is 2. The molecule has 1 aliphatic heterocycles. The number of benzene rings is 1. The third-order valence-corrected chi connectivity index (χ3v) is 3.79. The molecule has 0 radical (unpaired) electrons. The lowest BCUT2D eigenvalue weighted by molar-refractivity contribution is -0.155. The van der Waals surface area contributed by atoms with Gasteiger partial charge < -0.3 is 19.7 Å². The molecule has 2 amide bonds. The van der Waals surface area contributed by atoms with Crippen LogP contribution in [0, 0.1) is 0 Å². The lowest BCUT2D eigenvalue weighted by Gasteiger charge is -2.32. The molecule has 2 atom stereocenters. The Kier molecular flexibility index (Phi) is 5.90. The van der Waals surface area contributed by atoms with Gasteiger partial charge in [-0.3, -0.25) is 14.4 Å². The van der Waals surface area contributed by atoms with Crippen LogP contribution >= 0.6 is 0 Å². The van der Waals surface area contributed by atoms with Gasteiger partial charge in [0.1, 0.15) is 5.75 Å². The van der Waals surface area contributed by atoms with E-state index in [0.29, 0.717) is 11.4 Å². The van der Waals surface area contributed by atoms with E-state index in [0.717, 1.165) is 0 Å². The van der Waals surface area contributed by atoms with Crippen molar-refractivity contribution in [3.8, 4) is 5.75 Å². The van der Waals surface area contributed by atoms with E-state index in [-0.39, 0.29) is 24.8 Å². The van der Waals surface area contributed by atoms with Crippen molar-refractivity contribution in [3.63, 3.8) is 0 Å². The Morgan fingerprint density at radius 2 is 1.96 bits per heavy atom. The Morgan fingerprint density at radius 3 is 2.62 bits per heavy atom. The number of nitrogens with zero attached hydrogens (tertiary/aromatic N) is 1. The number of fused-ring (bicyclic) bond motifs is 1. The highest BCUT2D eigenvalue weighted by Crippen LogP contribution is 2.33. The highest BCUT2D eigenvalue weighted by Gasteiger charge is 2.31. The Balaban J connectivity index is 1.95. The van der Waals surface area contributed by atoms with Crippen molar-refractivity contribution < 1.29 is 23.9 Å².